The highest BCUT2D eigenvalue weighted by atomic mass is 32.2. The monoisotopic (exact) mass is 293 g/mol. The van der Waals surface area contributed by atoms with E-state index in [-0.39, 0.29) is 21.9 Å². The van der Waals surface area contributed by atoms with E-state index in [1.165, 1.54) is 12.1 Å². The molecule has 3 N–H and O–H groups in total. The summed E-state index contributed by atoms with van der Waals surface area (Å²) in [7, 11) is -7.37. The van der Waals surface area contributed by atoms with Gasteiger partial charge in [-0.25, -0.2) is 16.8 Å². The van der Waals surface area contributed by atoms with E-state index in [1.54, 1.807) is 0 Å². The normalized spacial score (nSPS) is 14.4. The summed E-state index contributed by atoms with van der Waals surface area (Å²) in [5, 5.41) is 9.54. The minimum Gasteiger partial charge on any atom is -0.387 e. The van der Waals surface area contributed by atoms with E-state index in [9.17, 15) is 21.9 Å². The minimum atomic E-state index is -3.71. The molecule has 0 aromatic heterocycles. The molecule has 0 radical (unpaired) electrons. The van der Waals surface area contributed by atoms with Gasteiger partial charge in [-0.1, -0.05) is 6.07 Å². The third kappa shape index (κ3) is 3.29. The molecule has 0 saturated heterocycles. The number of nitrogens with two attached hydrogens (primary N) is 1. The fourth-order valence-corrected chi connectivity index (χ4v) is 3.90. The van der Waals surface area contributed by atoms with Crippen LogP contribution in [0.2, 0.25) is 0 Å². The lowest BCUT2D eigenvalue weighted by atomic mass is 10.1. The molecule has 0 amide bonds. The van der Waals surface area contributed by atoms with E-state index in [4.69, 9.17) is 5.73 Å². The molecule has 6 nitrogen and oxygen atoms in total. The van der Waals surface area contributed by atoms with Crippen LogP contribution in [0.25, 0.3) is 0 Å². The highest BCUT2D eigenvalue weighted by Gasteiger charge is 2.22. The van der Waals surface area contributed by atoms with Crippen molar-refractivity contribution in [2.24, 2.45) is 5.73 Å². The van der Waals surface area contributed by atoms with E-state index in [2.05, 4.69) is 0 Å². The molecule has 0 heterocycles. The second-order valence-electron chi connectivity index (χ2n) is 4.00. The Morgan fingerprint density at radius 1 is 1.11 bits per heavy atom. The third-order valence-electron chi connectivity index (χ3n) is 2.37. The molecule has 0 aliphatic carbocycles. The van der Waals surface area contributed by atoms with Crippen LogP contribution in [0.15, 0.2) is 28.0 Å². The highest BCUT2D eigenvalue weighted by molar-refractivity contribution is 7.93. The van der Waals surface area contributed by atoms with Crippen LogP contribution in [0.1, 0.15) is 11.7 Å². The molecular formula is C10H15NO5S2. The van der Waals surface area contributed by atoms with Crippen molar-refractivity contribution in [2.75, 3.05) is 19.1 Å². The predicted octanol–water partition coefficient (Wildman–Crippen LogP) is -0.514. The van der Waals surface area contributed by atoms with Crippen LogP contribution in [-0.4, -0.2) is 41.0 Å². The van der Waals surface area contributed by atoms with E-state index in [1.807, 2.05) is 0 Å². The maximum absolute atomic E-state index is 11.6. The molecule has 0 aliphatic rings. The van der Waals surface area contributed by atoms with E-state index in [0.717, 1.165) is 18.6 Å². The molecule has 1 unspecified atom stereocenters. The van der Waals surface area contributed by atoms with Crippen molar-refractivity contribution in [1.29, 1.82) is 0 Å². The van der Waals surface area contributed by atoms with Gasteiger partial charge in [0.2, 0.25) is 0 Å². The van der Waals surface area contributed by atoms with Crippen molar-refractivity contribution in [3.63, 3.8) is 0 Å². The maximum atomic E-state index is 11.6. The number of aliphatic hydroxyl groups excluding tert-OH is 1. The van der Waals surface area contributed by atoms with Gasteiger partial charge in [0, 0.05) is 19.1 Å². The number of aliphatic hydroxyl groups is 1. The molecule has 1 rings (SSSR count). The van der Waals surface area contributed by atoms with Gasteiger partial charge in [0.05, 0.1) is 15.9 Å². The molecular weight excluding hydrogens is 278 g/mol. The van der Waals surface area contributed by atoms with Crippen molar-refractivity contribution in [3.05, 3.63) is 23.8 Å². The van der Waals surface area contributed by atoms with Crippen LogP contribution in [0.5, 0.6) is 0 Å². The summed E-state index contributed by atoms with van der Waals surface area (Å²) < 4.78 is 46.2. The van der Waals surface area contributed by atoms with Gasteiger partial charge in [0.25, 0.3) is 0 Å². The first-order valence-electron chi connectivity index (χ1n) is 4.99. The fraction of sp³-hybridized carbons (Fsp3) is 0.400. The Labute approximate surface area is 106 Å². The second kappa shape index (κ2) is 4.96. The summed E-state index contributed by atoms with van der Waals surface area (Å²) in [5.41, 5.74) is 5.54. The van der Waals surface area contributed by atoms with Crippen molar-refractivity contribution in [2.45, 2.75) is 15.9 Å². The second-order valence-corrected chi connectivity index (χ2v) is 7.97. The summed E-state index contributed by atoms with van der Waals surface area (Å²) in [6, 6.07) is 3.66. The van der Waals surface area contributed by atoms with Crippen molar-refractivity contribution >= 4 is 19.7 Å². The van der Waals surface area contributed by atoms with E-state index in [0.29, 0.717) is 0 Å². The van der Waals surface area contributed by atoms with E-state index >= 15 is 0 Å². The van der Waals surface area contributed by atoms with Crippen LogP contribution in [-0.2, 0) is 19.7 Å². The van der Waals surface area contributed by atoms with Crippen molar-refractivity contribution in [3.8, 4) is 0 Å². The quantitative estimate of drug-likeness (QED) is 0.772. The molecule has 0 aliphatic heterocycles. The van der Waals surface area contributed by atoms with Gasteiger partial charge in [-0.15, -0.1) is 0 Å². The molecule has 0 fully saturated rings. The Balaban J connectivity index is 3.60. The molecule has 8 heteroatoms. The standard InChI is InChI=1S/C10H15NO5S2/c1-17(13,14)9-4-3-7(8(12)6-11)5-10(9)18(2,15)16/h3-5,8,12H,6,11H2,1-2H3. The smallest absolute Gasteiger partial charge is 0.176 e. The zero-order valence-electron chi connectivity index (χ0n) is 9.99. The predicted molar refractivity (Wildman–Crippen MR) is 66.7 cm³/mol. The topological polar surface area (TPSA) is 115 Å². The summed E-state index contributed by atoms with van der Waals surface area (Å²) in [6.45, 7) is -0.0819. The Kier molecular flexibility index (Phi) is 4.16. The van der Waals surface area contributed by atoms with Gasteiger partial charge in [0.15, 0.2) is 19.7 Å². The minimum absolute atomic E-state index is 0.0819. The Morgan fingerprint density at radius 2 is 1.61 bits per heavy atom. The van der Waals surface area contributed by atoms with Crippen molar-refractivity contribution in [1.82, 2.24) is 0 Å². The molecule has 102 valence electrons. The molecule has 0 spiro atoms. The third-order valence-corrected chi connectivity index (χ3v) is 4.80. The van der Waals surface area contributed by atoms with Crippen LogP contribution in [0.3, 0.4) is 0 Å². The molecule has 18 heavy (non-hydrogen) atoms. The average molecular weight is 293 g/mol. The largest absolute Gasteiger partial charge is 0.387 e. The Bertz CT molecular complexity index is 649. The molecule has 1 atom stereocenters. The van der Waals surface area contributed by atoms with Crippen LogP contribution in [0.4, 0.5) is 0 Å². The van der Waals surface area contributed by atoms with Gasteiger partial charge in [-0.05, 0) is 17.7 Å². The summed E-state index contributed by atoms with van der Waals surface area (Å²) in [4.78, 5) is -0.604. The number of hydrogen-bond acceptors (Lipinski definition) is 6. The SMILES string of the molecule is CS(=O)(=O)c1ccc(C(O)CN)cc1S(C)(=O)=O. The summed E-state index contributed by atoms with van der Waals surface area (Å²) >= 11 is 0. The highest BCUT2D eigenvalue weighted by Crippen LogP contribution is 2.25. The summed E-state index contributed by atoms with van der Waals surface area (Å²) in [5.74, 6) is 0. The molecule has 0 bridgehead atoms. The Hall–Kier alpha value is -0.960. The molecule has 1 aromatic rings. The van der Waals surface area contributed by atoms with Gasteiger partial charge in [0.1, 0.15) is 0 Å². The number of rotatable bonds is 4. The first-order valence-corrected chi connectivity index (χ1v) is 8.78. The maximum Gasteiger partial charge on any atom is 0.176 e. The van der Waals surface area contributed by atoms with Gasteiger partial charge < -0.3 is 10.8 Å². The van der Waals surface area contributed by atoms with Crippen LogP contribution < -0.4 is 5.73 Å². The lowest BCUT2D eigenvalue weighted by Gasteiger charge is -2.12. The lowest BCUT2D eigenvalue weighted by Crippen LogP contribution is -2.14. The zero-order valence-corrected chi connectivity index (χ0v) is 11.6. The molecule has 1 aromatic carbocycles. The number of benzene rings is 1. The van der Waals surface area contributed by atoms with E-state index < -0.39 is 25.8 Å². The lowest BCUT2D eigenvalue weighted by molar-refractivity contribution is 0.186. The first kappa shape index (κ1) is 15.1. The van der Waals surface area contributed by atoms with Gasteiger partial charge in [-0.3, -0.25) is 0 Å². The Morgan fingerprint density at radius 3 is 2.00 bits per heavy atom. The number of sulfone groups is 2. The van der Waals surface area contributed by atoms with Crippen LogP contribution >= 0.6 is 0 Å². The average Bonchev–Trinajstić information content (AvgIpc) is 2.24. The first-order chi connectivity index (χ1) is 8.07. The zero-order chi connectivity index (χ0) is 14.1. The van der Waals surface area contributed by atoms with Gasteiger partial charge in [-0.2, -0.15) is 0 Å². The van der Waals surface area contributed by atoms with Gasteiger partial charge >= 0.3 is 0 Å². The summed E-state index contributed by atoms with van der Waals surface area (Å²) in [6.07, 6.45) is 0.810. The fourth-order valence-electron chi connectivity index (χ4n) is 1.46. The van der Waals surface area contributed by atoms with Crippen molar-refractivity contribution < 1.29 is 21.9 Å². The van der Waals surface area contributed by atoms with Crippen LogP contribution in [0, 0.1) is 0 Å². The number of hydrogen-bond donors (Lipinski definition) is 2. The molecule has 0 saturated carbocycles.